The molecule has 0 bridgehead atoms. The summed E-state index contributed by atoms with van der Waals surface area (Å²) >= 11 is 6.19. The first kappa shape index (κ1) is 17.1. The number of rotatable bonds is 5. The summed E-state index contributed by atoms with van der Waals surface area (Å²) in [5.74, 6) is -1.24. The topological polar surface area (TPSA) is 74.8 Å². The molecule has 0 aliphatic carbocycles. The van der Waals surface area contributed by atoms with Crippen molar-refractivity contribution in [3.8, 4) is 17.0 Å². The van der Waals surface area contributed by atoms with Gasteiger partial charge in [-0.3, -0.25) is 14.4 Å². The summed E-state index contributed by atoms with van der Waals surface area (Å²) in [7, 11) is 0. The van der Waals surface area contributed by atoms with Crippen molar-refractivity contribution >= 4 is 41.4 Å². The molecule has 25 heavy (non-hydrogen) atoms. The number of aliphatic carboxylic acids is 1. The molecule has 0 unspecified atom stereocenters. The van der Waals surface area contributed by atoms with Crippen LogP contribution < -0.4 is 0 Å². The molecule has 1 heterocycles. The van der Waals surface area contributed by atoms with Gasteiger partial charge < -0.3 is 10.2 Å². The molecular weight excluding hydrogens is 356 g/mol. The summed E-state index contributed by atoms with van der Waals surface area (Å²) in [6.45, 7) is -0.374. The molecular formula is C18H14N2O3S2. The van der Waals surface area contributed by atoms with Crippen molar-refractivity contribution in [1.82, 2.24) is 4.57 Å². The van der Waals surface area contributed by atoms with Gasteiger partial charge in [0.2, 0.25) is 5.88 Å². The zero-order valence-electron chi connectivity index (χ0n) is 13.0. The van der Waals surface area contributed by atoms with Gasteiger partial charge in [0.1, 0.15) is 11.4 Å². The van der Waals surface area contributed by atoms with Crippen molar-refractivity contribution in [2.24, 2.45) is 4.99 Å². The van der Waals surface area contributed by atoms with E-state index in [1.165, 1.54) is 10.8 Å². The van der Waals surface area contributed by atoms with E-state index in [-0.39, 0.29) is 12.4 Å². The number of carbonyl (C=O) groups is 1. The Morgan fingerprint density at radius 2 is 1.76 bits per heavy atom. The minimum Gasteiger partial charge on any atom is -0.493 e. The lowest BCUT2D eigenvalue weighted by molar-refractivity contribution is -0.137. The molecule has 0 atom stereocenters. The van der Waals surface area contributed by atoms with Crippen molar-refractivity contribution in [2.75, 3.05) is 0 Å². The fourth-order valence-electron chi connectivity index (χ4n) is 2.28. The summed E-state index contributed by atoms with van der Waals surface area (Å²) in [4.78, 5) is 15.6. The SMILES string of the molecule is O=C(O)Cn1c(O)c(C=Nc2ccc(-c3ccccc3)cc2)sc1=S. The van der Waals surface area contributed by atoms with Gasteiger partial charge in [0.05, 0.1) is 11.9 Å². The normalized spacial score (nSPS) is 11.0. The number of thiazole rings is 1. The van der Waals surface area contributed by atoms with Crippen LogP contribution in [-0.2, 0) is 11.3 Å². The summed E-state index contributed by atoms with van der Waals surface area (Å²) in [6.07, 6.45) is 1.49. The monoisotopic (exact) mass is 370 g/mol. The highest BCUT2D eigenvalue weighted by Crippen LogP contribution is 2.26. The van der Waals surface area contributed by atoms with Gasteiger partial charge in [0, 0.05) is 0 Å². The smallest absolute Gasteiger partial charge is 0.323 e. The van der Waals surface area contributed by atoms with E-state index in [0.29, 0.717) is 8.83 Å². The van der Waals surface area contributed by atoms with Crippen molar-refractivity contribution in [3.05, 3.63) is 63.4 Å². The number of aromatic hydroxyl groups is 1. The second kappa shape index (κ2) is 7.42. The Balaban J connectivity index is 1.81. The third-order valence-electron chi connectivity index (χ3n) is 3.49. The third kappa shape index (κ3) is 4.01. The lowest BCUT2D eigenvalue weighted by Gasteiger charge is -2.01. The lowest BCUT2D eigenvalue weighted by atomic mass is 10.1. The highest BCUT2D eigenvalue weighted by molar-refractivity contribution is 7.73. The van der Waals surface area contributed by atoms with Gasteiger partial charge in [0.15, 0.2) is 3.95 Å². The molecule has 3 aromatic rings. The lowest BCUT2D eigenvalue weighted by Crippen LogP contribution is -2.08. The van der Waals surface area contributed by atoms with Crippen LogP contribution in [0.2, 0.25) is 0 Å². The number of benzene rings is 2. The summed E-state index contributed by atoms with van der Waals surface area (Å²) in [5, 5.41) is 18.9. The molecule has 0 amide bonds. The van der Waals surface area contributed by atoms with Gasteiger partial charge in [-0.1, -0.05) is 53.8 Å². The molecule has 0 saturated carbocycles. The highest BCUT2D eigenvalue weighted by atomic mass is 32.1. The van der Waals surface area contributed by atoms with Gasteiger partial charge in [-0.05, 0) is 35.5 Å². The van der Waals surface area contributed by atoms with Crippen molar-refractivity contribution in [1.29, 1.82) is 0 Å². The predicted octanol–water partition coefficient (Wildman–Crippen LogP) is 4.49. The Labute approximate surface area is 153 Å². The second-order valence-electron chi connectivity index (χ2n) is 5.21. The van der Waals surface area contributed by atoms with Gasteiger partial charge in [0.25, 0.3) is 0 Å². The van der Waals surface area contributed by atoms with E-state index < -0.39 is 5.97 Å². The zero-order valence-corrected chi connectivity index (χ0v) is 14.6. The van der Waals surface area contributed by atoms with E-state index in [0.717, 1.165) is 28.2 Å². The molecule has 0 aliphatic rings. The molecule has 7 heteroatoms. The van der Waals surface area contributed by atoms with Crippen LogP contribution in [0.1, 0.15) is 4.88 Å². The van der Waals surface area contributed by atoms with E-state index >= 15 is 0 Å². The molecule has 1 aromatic heterocycles. The number of nitrogens with zero attached hydrogens (tertiary/aromatic N) is 2. The molecule has 2 aromatic carbocycles. The molecule has 0 spiro atoms. The number of carboxylic acid groups (broad SMARTS) is 1. The molecule has 2 N–H and O–H groups in total. The Kier molecular flexibility index (Phi) is 5.06. The van der Waals surface area contributed by atoms with Crippen LogP contribution >= 0.6 is 23.6 Å². The Morgan fingerprint density at radius 3 is 2.40 bits per heavy atom. The fraction of sp³-hybridized carbons (Fsp3) is 0.0556. The molecule has 126 valence electrons. The van der Waals surface area contributed by atoms with Crippen molar-refractivity contribution in [3.63, 3.8) is 0 Å². The second-order valence-corrected chi connectivity index (χ2v) is 6.88. The van der Waals surface area contributed by atoms with E-state index in [4.69, 9.17) is 17.3 Å². The van der Waals surface area contributed by atoms with Crippen LogP contribution in [-0.4, -0.2) is 27.0 Å². The van der Waals surface area contributed by atoms with Crippen LogP contribution in [0.5, 0.6) is 5.88 Å². The fourth-order valence-corrected chi connectivity index (χ4v) is 3.45. The van der Waals surface area contributed by atoms with E-state index in [9.17, 15) is 9.90 Å². The first-order valence-corrected chi connectivity index (χ1v) is 8.61. The van der Waals surface area contributed by atoms with Gasteiger partial charge in [-0.25, -0.2) is 0 Å². The van der Waals surface area contributed by atoms with Gasteiger partial charge in [-0.2, -0.15) is 0 Å². The van der Waals surface area contributed by atoms with Crippen LogP contribution in [0.3, 0.4) is 0 Å². The van der Waals surface area contributed by atoms with Crippen LogP contribution in [0.15, 0.2) is 59.6 Å². The zero-order chi connectivity index (χ0) is 17.8. The maximum Gasteiger partial charge on any atom is 0.323 e. The average molecular weight is 370 g/mol. The molecule has 0 saturated heterocycles. The minimum atomic E-state index is -1.07. The number of aromatic nitrogens is 1. The summed E-state index contributed by atoms with van der Waals surface area (Å²) in [6, 6.07) is 17.7. The molecule has 0 aliphatic heterocycles. The van der Waals surface area contributed by atoms with Crippen molar-refractivity contribution in [2.45, 2.75) is 6.54 Å². The molecule has 3 rings (SSSR count). The molecule has 0 fully saturated rings. The number of hydrogen-bond acceptors (Lipinski definition) is 5. The Hall–Kier alpha value is -2.77. The van der Waals surface area contributed by atoms with Gasteiger partial charge in [-0.15, -0.1) is 0 Å². The number of carboxylic acids is 1. The first-order chi connectivity index (χ1) is 12.0. The quantitative estimate of drug-likeness (QED) is 0.513. The number of aliphatic imine (C=N–C) groups is 1. The summed E-state index contributed by atoms with van der Waals surface area (Å²) in [5.41, 5.74) is 2.94. The Bertz CT molecular complexity index is 974. The van der Waals surface area contributed by atoms with Crippen LogP contribution in [0, 0.1) is 3.95 Å². The summed E-state index contributed by atoms with van der Waals surface area (Å²) < 4.78 is 1.46. The maximum atomic E-state index is 10.8. The average Bonchev–Trinajstić information content (AvgIpc) is 2.88. The largest absolute Gasteiger partial charge is 0.493 e. The first-order valence-electron chi connectivity index (χ1n) is 7.38. The van der Waals surface area contributed by atoms with Crippen LogP contribution in [0.25, 0.3) is 11.1 Å². The minimum absolute atomic E-state index is 0.179. The number of hydrogen-bond donors (Lipinski definition) is 2. The van der Waals surface area contributed by atoms with E-state index in [2.05, 4.69) is 4.99 Å². The molecule has 5 nitrogen and oxygen atoms in total. The van der Waals surface area contributed by atoms with Gasteiger partial charge >= 0.3 is 5.97 Å². The highest BCUT2D eigenvalue weighted by Gasteiger charge is 2.12. The Morgan fingerprint density at radius 1 is 1.12 bits per heavy atom. The predicted molar refractivity (Wildman–Crippen MR) is 102 cm³/mol. The van der Waals surface area contributed by atoms with Crippen molar-refractivity contribution < 1.29 is 15.0 Å². The molecule has 0 radical (unpaired) electrons. The maximum absolute atomic E-state index is 10.8. The standard InChI is InChI=1S/C18H14N2O3S2/c21-16(22)11-20-17(23)15(25-18(20)24)10-19-14-8-6-13(7-9-14)12-4-2-1-3-5-12/h1-10,23H,11H2,(H,21,22). The van der Waals surface area contributed by atoms with Crippen LogP contribution in [0.4, 0.5) is 5.69 Å². The van der Waals surface area contributed by atoms with E-state index in [1.807, 2.05) is 54.6 Å². The van der Waals surface area contributed by atoms with E-state index in [1.54, 1.807) is 0 Å². The third-order valence-corrected chi connectivity index (χ3v) is 4.87.